The predicted octanol–water partition coefficient (Wildman–Crippen LogP) is 3.21. The lowest BCUT2D eigenvalue weighted by Gasteiger charge is -2.39. The molecule has 1 aromatic heterocycles. The minimum Gasteiger partial charge on any atom is -0.391 e. The van der Waals surface area contributed by atoms with Crippen LogP contribution in [0.15, 0.2) is 60.8 Å². The van der Waals surface area contributed by atoms with Crippen LogP contribution in [0, 0.1) is 11.8 Å². The summed E-state index contributed by atoms with van der Waals surface area (Å²) < 4.78 is 0. The van der Waals surface area contributed by atoms with Crippen LogP contribution in [-0.2, 0) is 51.2 Å². The number of aromatic nitrogens is 1. The quantitative estimate of drug-likeness (QED) is 0.164. The van der Waals surface area contributed by atoms with Gasteiger partial charge in [0.25, 0.3) is 0 Å². The molecule has 0 aliphatic carbocycles. The molecule has 4 saturated heterocycles. The summed E-state index contributed by atoms with van der Waals surface area (Å²) in [6.45, 7) is 16.1. The van der Waals surface area contributed by atoms with E-state index in [0.717, 1.165) is 22.0 Å². The second kappa shape index (κ2) is 22.9. The van der Waals surface area contributed by atoms with E-state index in [1.165, 1.54) is 45.1 Å². The first-order chi connectivity index (χ1) is 34.5. The molecule has 4 fully saturated rings. The number of carbonyl (C=O) groups excluding carboxylic acids is 8. The first-order valence-electron chi connectivity index (χ1n) is 25.6. The van der Waals surface area contributed by atoms with Crippen LogP contribution >= 0.6 is 23.5 Å². The van der Waals surface area contributed by atoms with E-state index < -0.39 is 117 Å². The number of thioether (sulfide) groups is 2. The first kappa shape index (κ1) is 55.2. The maximum Gasteiger partial charge on any atom is 0.249 e. The van der Waals surface area contributed by atoms with Crippen molar-refractivity contribution in [3.05, 3.63) is 71.9 Å². The van der Waals surface area contributed by atoms with Gasteiger partial charge in [0.2, 0.25) is 47.3 Å². The molecule has 8 amide bonds. The van der Waals surface area contributed by atoms with E-state index in [0.29, 0.717) is 12.8 Å². The number of nitrogens with zero attached hydrogens (tertiary/aromatic N) is 3. The van der Waals surface area contributed by atoms with Crippen LogP contribution in [0.5, 0.6) is 0 Å². The number of fused-ring (bicyclic) bond motifs is 4. The summed E-state index contributed by atoms with van der Waals surface area (Å²) in [7, 11) is 0. The Morgan fingerprint density at radius 2 is 1.18 bits per heavy atom. The number of rotatable bonds is 9. The fourth-order valence-electron chi connectivity index (χ4n) is 10.5. The number of amides is 8. The Kier molecular flexibility index (Phi) is 17.3. The maximum absolute atomic E-state index is 15.3. The van der Waals surface area contributed by atoms with Gasteiger partial charge in [0.1, 0.15) is 48.3 Å². The third-order valence-corrected chi connectivity index (χ3v) is 17.5. The van der Waals surface area contributed by atoms with E-state index in [9.17, 15) is 33.9 Å². The molecule has 73 heavy (non-hydrogen) atoms. The van der Waals surface area contributed by atoms with Gasteiger partial charge in [-0.1, -0.05) is 82.6 Å². The van der Waals surface area contributed by atoms with Crippen molar-refractivity contribution in [2.24, 2.45) is 11.8 Å². The van der Waals surface area contributed by atoms with Crippen molar-refractivity contribution in [1.82, 2.24) is 46.3 Å². The second-order valence-electron chi connectivity index (χ2n) is 21.3. The summed E-state index contributed by atoms with van der Waals surface area (Å²) in [4.78, 5) is 124. The molecule has 4 aliphatic rings. The van der Waals surface area contributed by atoms with Crippen molar-refractivity contribution in [1.29, 1.82) is 0 Å². The van der Waals surface area contributed by atoms with Gasteiger partial charge < -0.3 is 51.4 Å². The van der Waals surface area contributed by atoms with Crippen LogP contribution in [0.1, 0.15) is 99.1 Å². The van der Waals surface area contributed by atoms with Crippen LogP contribution in [0.2, 0.25) is 0 Å². The molecule has 18 nitrogen and oxygen atoms in total. The lowest BCUT2D eigenvalue weighted by atomic mass is 9.96. The lowest BCUT2D eigenvalue weighted by Crippen LogP contribution is -2.65. The molecule has 0 radical (unpaired) electrons. The Morgan fingerprint density at radius 3 is 1.81 bits per heavy atom. The lowest BCUT2D eigenvalue weighted by molar-refractivity contribution is -0.149. The molecular weight excluding hydrogens is 971 g/mol. The SMILES string of the molecule is CC[C@H](C)[C@@H]1NC(=O)[C@@H]2CSC(C)(C)N2C(=O)[C@H]([C@@H](C)O)NC(=O)[C@H](CC(C)C)NC(=O)[C@@H]2CSC(C)(C)N2C(=O)[C@H](Cc2ccccc2)NC(=O)[C@H](Cc2c[nH]c3ccccc23)NC(=O)[C@@H]2CCCN2C1=O. The molecule has 5 heterocycles. The average molecular weight is 1040 g/mol. The molecule has 0 unspecified atom stereocenters. The zero-order valence-corrected chi connectivity index (χ0v) is 45.0. The topological polar surface area (TPSA) is 242 Å². The Bertz CT molecular complexity index is 2550. The highest BCUT2D eigenvalue weighted by atomic mass is 32.2. The average Bonchev–Trinajstić information content (AvgIpc) is 4.14. The van der Waals surface area contributed by atoms with Crippen LogP contribution < -0.4 is 26.6 Å². The highest BCUT2D eigenvalue weighted by molar-refractivity contribution is 8.01. The molecule has 20 heteroatoms. The van der Waals surface area contributed by atoms with Gasteiger partial charge in [-0.25, -0.2) is 0 Å². The van der Waals surface area contributed by atoms with Gasteiger partial charge in [-0.2, -0.15) is 0 Å². The summed E-state index contributed by atoms with van der Waals surface area (Å²) in [6, 6.07) is 7.06. The number of carbonyl (C=O) groups is 8. The Labute approximate surface area is 436 Å². The molecule has 0 spiro atoms. The number of aromatic amines is 1. The number of benzene rings is 2. The van der Waals surface area contributed by atoms with Crippen molar-refractivity contribution >= 4 is 81.7 Å². The van der Waals surface area contributed by atoms with Crippen LogP contribution in [0.25, 0.3) is 10.9 Å². The minimum atomic E-state index is -1.55. The third-order valence-electron chi connectivity index (χ3n) is 14.7. The zero-order chi connectivity index (χ0) is 53.1. The predicted molar refractivity (Wildman–Crippen MR) is 281 cm³/mol. The normalized spacial score (nSPS) is 28.6. The van der Waals surface area contributed by atoms with E-state index >= 15 is 9.59 Å². The van der Waals surface area contributed by atoms with Crippen LogP contribution in [0.3, 0.4) is 0 Å². The molecule has 2 aromatic carbocycles. The van der Waals surface area contributed by atoms with Gasteiger partial charge in [-0.15, -0.1) is 23.5 Å². The summed E-state index contributed by atoms with van der Waals surface area (Å²) in [5.41, 5.74) is 2.26. The van der Waals surface area contributed by atoms with Gasteiger partial charge in [0, 0.05) is 48.0 Å². The number of aliphatic hydroxyl groups is 1. The Balaban J connectivity index is 1.33. The van der Waals surface area contributed by atoms with Crippen molar-refractivity contribution in [2.45, 2.75) is 165 Å². The second-order valence-corrected chi connectivity index (χ2v) is 24.6. The largest absolute Gasteiger partial charge is 0.391 e. The Hall–Kier alpha value is -5.60. The number of H-pyrrole nitrogens is 1. The van der Waals surface area contributed by atoms with Crippen LogP contribution in [-0.4, -0.2) is 154 Å². The molecule has 0 bridgehead atoms. The van der Waals surface area contributed by atoms with Gasteiger partial charge in [0.05, 0.1) is 15.8 Å². The standard InChI is InChI=1S/C53H73N9O9S2/c1-10-30(4)42-50(70)60-22-16-21-39(60)46(66)56-37(25-33-26-54-35-20-15-14-19-34(33)35)44(64)57-38(24-32-17-12-11-13-18-32)49(69)61-40(27-72-52(61,6)7)47(67)55-36(23-29(2)3)45(65)59-43(31(5)63)51(71)62-41(48(68)58-42)28-73-53(62,8)9/h11-15,17-20,26,29-31,36-43,54,63H,10,16,21-25,27-28H2,1-9H3,(H,55,67)(H,56,66)(H,57,64)(H,58,68)(H,59,65)/t30-,31+,36-,37-,38-,39-,40-,41-,42-,43-/m0/s1. The molecule has 396 valence electrons. The zero-order valence-electron chi connectivity index (χ0n) is 43.4. The minimum absolute atomic E-state index is 0.0102. The fourth-order valence-corrected chi connectivity index (χ4v) is 12.9. The van der Waals surface area contributed by atoms with Gasteiger partial charge in [-0.3, -0.25) is 38.4 Å². The van der Waals surface area contributed by atoms with Gasteiger partial charge in [-0.05, 0) is 82.9 Å². The van der Waals surface area contributed by atoms with E-state index in [1.807, 2.05) is 96.1 Å². The van der Waals surface area contributed by atoms with Crippen molar-refractivity contribution < 1.29 is 43.5 Å². The smallest absolute Gasteiger partial charge is 0.249 e. The molecule has 10 atom stereocenters. The Morgan fingerprint density at radius 1 is 0.630 bits per heavy atom. The van der Waals surface area contributed by atoms with Crippen LogP contribution in [0.4, 0.5) is 0 Å². The molecule has 7 N–H and O–H groups in total. The third kappa shape index (κ3) is 12.2. The van der Waals surface area contributed by atoms with Gasteiger partial charge in [0.15, 0.2) is 0 Å². The fraction of sp³-hybridized carbons (Fsp3) is 0.585. The van der Waals surface area contributed by atoms with Crippen molar-refractivity contribution in [3.8, 4) is 0 Å². The highest BCUT2D eigenvalue weighted by Crippen LogP contribution is 2.41. The summed E-state index contributed by atoms with van der Waals surface area (Å²) in [6.07, 6.45) is 1.72. The number of hydrogen-bond donors (Lipinski definition) is 7. The van der Waals surface area contributed by atoms with Gasteiger partial charge >= 0.3 is 0 Å². The van der Waals surface area contributed by atoms with Crippen molar-refractivity contribution in [3.63, 3.8) is 0 Å². The van der Waals surface area contributed by atoms with E-state index in [4.69, 9.17) is 0 Å². The summed E-state index contributed by atoms with van der Waals surface area (Å²) in [5.74, 6) is -5.27. The monoisotopic (exact) mass is 1040 g/mol. The molecule has 4 aliphatic heterocycles. The first-order valence-corrected chi connectivity index (χ1v) is 27.5. The van der Waals surface area contributed by atoms with E-state index in [-0.39, 0.29) is 49.7 Å². The molecular formula is C53H73N9O9S2. The number of para-hydroxylation sites is 1. The molecule has 7 rings (SSSR count). The maximum atomic E-state index is 15.3. The number of aliphatic hydroxyl groups excluding tert-OH is 1. The summed E-state index contributed by atoms with van der Waals surface area (Å²) in [5, 5.41) is 26.6. The van der Waals surface area contributed by atoms with E-state index in [2.05, 4.69) is 31.6 Å². The molecule has 0 saturated carbocycles. The molecule has 3 aromatic rings. The van der Waals surface area contributed by atoms with Crippen molar-refractivity contribution in [2.75, 3.05) is 18.1 Å². The van der Waals surface area contributed by atoms with E-state index in [1.54, 1.807) is 20.0 Å². The summed E-state index contributed by atoms with van der Waals surface area (Å²) >= 11 is 2.69. The number of nitrogens with one attached hydrogen (secondary N) is 6. The number of hydrogen-bond acceptors (Lipinski definition) is 11. The highest BCUT2D eigenvalue weighted by Gasteiger charge is 2.52.